The summed E-state index contributed by atoms with van der Waals surface area (Å²) in [5, 5.41) is 15.3. The lowest BCUT2D eigenvalue weighted by Crippen LogP contribution is -2.54. The maximum Gasteiger partial charge on any atom is 0.235 e. The second-order valence-electron chi connectivity index (χ2n) is 6.92. The first-order chi connectivity index (χ1) is 10.3. The van der Waals surface area contributed by atoms with Crippen LogP contribution in [0.2, 0.25) is 0 Å². The lowest BCUT2D eigenvalue weighted by molar-refractivity contribution is -0.121. The highest BCUT2D eigenvalue weighted by atomic mass is 32.2. The summed E-state index contributed by atoms with van der Waals surface area (Å²) in [7, 11) is -3.37. The number of aliphatic hydroxyl groups excluding tert-OH is 1. The molecule has 1 saturated heterocycles. The molecule has 22 heavy (non-hydrogen) atoms. The zero-order valence-electron chi connectivity index (χ0n) is 13.4. The molecule has 2 aliphatic rings. The van der Waals surface area contributed by atoms with Crippen molar-refractivity contribution in [1.29, 1.82) is 0 Å². The highest BCUT2D eigenvalue weighted by molar-refractivity contribution is 7.92. The van der Waals surface area contributed by atoms with Crippen LogP contribution in [-0.4, -0.2) is 55.7 Å². The molecule has 1 heterocycles. The monoisotopic (exact) mass is 332 g/mol. The summed E-state index contributed by atoms with van der Waals surface area (Å²) >= 11 is 0. The van der Waals surface area contributed by atoms with Crippen LogP contribution in [-0.2, 0) is 14.6 Å². The SMILES string of the molecule is CC(C)S(=O)(=O)CC(=O)NC(C1CCNCC1)C1CC(O)C1. The van der Waals surface area contributed by atoms with Gasteiger partial charge in [0.25, 0.3) is 0 Å². The van der Waals surface area contributed by atoms with E-state index in [9.17, 15) is 18.3 Å². The quantitative estimate of drug-likeness (QED) is 0.639. The Morgan fingerprint density at radius 1 is 1.23 bits per heavy atom. The van der Waals surface area contributed by atoms with E-state index in [2.05, 4.69) is 10.6 Å². The molecule has 1 unspecified atom stereocenters. The van der Waals surface area contributed by atoms with Crippen molar-refractivity contribution in [2.75, 3.05) is 18.8 Å². The first kappa shape index (κ1) is 17.7. The van der Waals surface area contributed by atoms with E-state index in [1.807, 2.05) is 0 Å². The van der Waals surface area contributed by atoms with E-state index in [4.69, 9.17) is 0 Å². The maximum atomic E-state index is 12.2. The summed E-state index contributed by atoms with van der Waals surface area (Å²) in [5.74, 6) is -0.214. The van der Waals surface area contributed by atoms with Gasteiger partial charge in [0, 0.05) is 6.04 Å². The van der Waals surface area contributed by atoms with Crippen molar-refractivity contribution in [3.63, 3.8) is 0 Å². The molecule has 1 amide bonds. The molecule has 0 aromatic carbocycles. The molecule has 1 atom stereocenters. The zero-order valence-corrected chi connectivity index (χ0v) is 14.2. The summed E-state index contributed by atoms with van der Waals surface area (Å²) in [4.78, 5) is 12.2. The third-order valence-corrected chi connectivity index (χ3v) is 7.03. The number of carbonyl (C=O) groups excluding carboxylic acids is 1. The molecule has 0 aromatic rings. The van der Waals surface area contributed by atoms with Gasteiger partial charge in [0.2, 0.25) is 5.91 Å². The smallest absolute Gasteiger partial charge is 0.235 e. The van der Waals surface area contributed by atoms with Crippen LogP contribution in [0.4, 0.5) is 0 Å². The number of amides is 1. The molecule has 1 aliphatic carbocycles. The number of hydrogen-bond donors (Lipinski definition) is 3. The van der Waals surface area contributed by atoms with Crippen LogP contribution in [0.15, 0.2) is 0 Å². The van der Waals surface area contributed by atoms with E-state index in [0.29, 0.717) is 18.8 Å². The Morgan fingerprint density at radius 2 is 1.82 bits per heavy atom. The highest BCUT2D eigenvalue weighted by Crippen LogP contribution is 2.35. The minimum Gasteiger partial charge on any atom is -0.393 e. The average Bonchev–Trinajstić information content (AvgIpc) is 2.42. The zero-order chi connectivity index (χ0) is 16.3. The highest BCUT2D eigenvalue weighted by Gasteiger charge is 2.39. The van der Waals surface area contributed by atoms with E-state index in [0.717, 1.165) is 25.9 Å². The van der Waals surface area contributed by atoms with Gasteiger partial charge in [0.15, 0.2) is 9.84 Å². The molecule has 3 N–H and O–H groups in total. The topological polar surface area (TPSA) is 95.5 Å². The molecular formula is C15H28N2O4S. The van der Waals surface area contributed by atoms with Gasteiger partial charge in [0.1, 0.15) is 5.75 Å². The Morgan fingerprint density at radius 3 is 2.32 bits per heavy atom. The number of carbonyl (C=O) groups is 1. The van der Waals surface area contributed by atoms with Crippen molar-refractivity contribution in [3.8, 4) is 0 Å². The second-order valence-corrected chi connectivity index (χ2v) is 9.48. The minimum atomic E-state index is -3.37. The van der Waals surface area contributed by atoms with E-state index < -0.39 is 26.7 Å². The van der Waals surface area contributed by atoms with Crippen LogP contribution in [0, 0.1) is 11.8 Å². The number of sulfone groups is 1. The number of piperidine rings is 1. The fourth-order valence-electron chi connectivity index (χ4n) is 3.32. The summed E-state index contributed by atoms with van der Waals surface area (Å²) in [6.07, 6.45) is 3.09. The van der Waals surface area contributed by atoms with Crippen molar-refractivity contribution in [2.24, 2.45) is 11.8 Å². The summed E-state index contributed by atoms with van der Waals surface area (Å²) in [6, 6.07) is -0.0136. The standard InChI is InChI=1S/C15H28N2O4S/c1-10(2)22(20,21)9-14(19)17-15(12-7-13(18)8-12)11-3-5-16-6-4-11/h10-13,15-16,18H,3-9H2,1-2H3,(H,17,19). The third kappa shape index (κ3) is 4.43. The second kappa shape index (κ2) is 7.27. The van der Waals surface area contributed by atoms with Crippen LogP contribution in [0.1, 0.15) is 39.5 Å². The molecule has 1 saturated carbocycles. The largest absolute Gasteiger partial charge is 0.393 e. The molecule has 2 fully saturated rings. The first-order valence-electron chi connectivity index (χ1n) is 8.19. The van der Waals surface area contributed by atoms with Gasteiger partial charge < -0.3 is 15.7 Å². The van der Waals surface area contributed by atoms with Gasteiger partial charge in [0.05, 0.1) is 11.4 Å². The average molecular weight is 332 g/mol. The van der Waals surface area contributed by atoms with Gasteiger partial charge in [-0.1, -0.05) is 0 Å². The van der Waals surface area contributed by atoms with Gasteiger partial charge in [-0.25, -0.2) is 8.42 Å². The lowest BCUT2D eigenvalue weighted by atomic mass is 9.71. The number of aliphatic hydroxyl groups is 1. The van der Waals surface area contributed by atoms with Crippen LogP contribution < -0.4 is 10.6 Å². The van der Waals surface area contributed by atoms with Crippen molar-refractivity contribution in [3.05, 3.63) is 0 Å². The molecule has 0 spiro atoms. The molecule has 0 bridgehead atoms. The summed E-state index contributed by atoms with van der Waals surface area (Å²) in [6.45, 7) is 5.04. The van der Waals surface area contributed by atoms with Gasteiger partial charge in [-0.15, -0.1) is 0 Å². The van der Waals surface area contributed by atoms with Crippen LogP contribution >= 0.6 is 0 Å². The van der Waals surface area contributed by atoms with Gasteiger partial charge >= 0.3 is 0 Å². The molecule has 0 aromatic heterocycles. The van der Waals surface area contributed by atoms with Crippen molar-refractivity contribution < 1.29 is 18.3 Å². The van der Waals surface area contributed by atoms with E-state index in [1.54, 1.807) is 13.8 Å². The predicted octanol–water partition coefficient (Wildman–Crippen LogP) is 0.0649. The lowest BCUT2D eigenvalue weighted by Gasteiger charge is -2.43. The van der Waals surface area contributed by atoms with E-state index in [-0.39, 0.29) is 18.1 Å². The van der Waals surface area contributed by atoms with Crippen LogP contribution in [0.3, 0.4) is 0 Å². The van der Waals surface area contributed by atoms with E-state index >= 15 is 0 Å². The van der Waals surface area contributed by atoms with E-state index in [1.165, 1.54) is 0 Å². The molecular weight excluding hydrogens is 304 g/mol. The molecule has 6 nitrogen and oxygen atoms in total. The van der Waals surface area contributed by atoms with Crippen molar-refractivity contribution >= 4 is 15.7 Å². The molecule has 7 heteroatoms. The Bertz CT molecular complexity index is 480. The van der Waals surface area contributed by atoms with Crippen LogP contribution in [0.25, 0.3) is 0 Å². The Kier molecular flexibility index (Phi) is 5.85. The van der Waals surface area contributed by atoms with Crippen molar-refractivity contribution in [2.45, 2.75) is 56.9 Å². The Labute approximate surface area is 133 Å². The number of hydrogen-bond acceptors (Lipinski definition) is 5. The molecule has 0 radical (unpaired) electrons. The number of nitrogens with one attached hydrogen (secondary N) is 2. The minimum absolute atomic E-state index is 0.0136. The van der Waals surface area contributed by atoms with Gasteiger partial charge in [-0.3, -0.25) is 4.79 Å². The fraction of sp³-hybridized carbons (Fsp3) is 0.933. The van der Waals surface area contributed by atoms with Gasteiger partial charge in [-0.05, 0) is 64.5 Å². The Hall–Kier alpha value is -0.660. The molecule has 2 rings (SSSR count). The van der Waals surface area contributed by atoms with Crippen LogP contribution in [0.5, 0.6) is 0 Å². The summed E-state index contributed by atoms with van der Waals surface area (Å²) in [5.41, 5.74) is 0. The molecule has 128 valence electrons. The number of rotatable bonds is 6. The first-order valence-corrected chi connectivity index (χ1v) is 9.91. The predicted molar refractivity (Wildman–Crippen MR) is 85.2 cm³/mol. The summed E-state index contributed by atoms with van der Waals surface area (Å²) < 4.78 is 23.8. The fourth-order valence-corrected chi connectivity index (χ4v) is 4.11. The third-order valence-electron chi connectivity index (χ3n) is 4.93. The normalized spacial score (nSPS) is 28.2. The maximum absolute atomic E-state index is 12.2. The van der Waals surface area contributed by atoms with Crippen molar-refractivity contribution in [1.82, 2.24) is 10.6 Å². The van der Waals surface area contributed by atoms with Gasteiger partial charge in [-0.2, -0.15) is 0 Å². The Balaban J connectivity index is 1.98. The molecule has 1 aliphatic heterocycles.